The van der Waals surface area contributed by atoms with Crippen LogP contribution in [0.4, 0.5) is 11.8 Å². The lowest BCUT2D eigenvalue weighted by Crippen LogP contribution is -2.39. The predicted molar refractivity (Wildman–Crippen MR) is 110 cm³/mol. The Balaban J connectivity index is 1.26. The van der Waals surface area contributed by atoms with Crippen molar-refractivity contribution in [1.29, 1.82) is 0 Å². The van der Waals surface area contributed by atoms with Crippen molar-refractivity contribution in [2.75, 3.05) is 23.3 Å². The first kappa shape index (κ1) is 17.6. The fourth-order valence-corrected chi connectivity index (χ4v) is 3.96. The monoisotopic (exact) mass is 390 g/mol. The summed E-state index contributed by atoms with van der Waals surface area (Å²) in [6, 6.07) is 11.8. The molecular weight excluding hydrogens is 368 g/mol. The quantitative estimate of drug-likeness (QED) is 0.575. The zero-order valence-corrected chi connectivity index (χ0v) is 16.2. The van der Waals surface area contributed by atoms with Crippen LogP contribution >= 0.6 is 0 Å². The summed E-state index contributed by atoms with van der Waals surface area (Å²) in [6.07, 6.45) is 3.15. The lowest BCUT2D eigenvalue weighted by atomic mass is 9.96. The van der Waals surface area contributed by atoms with E-state index in [2.05, 4.69) is 37.4 Å². The standard InChI is InChI=1S/C20H22N8O/c1-2-27-16-6-4-3-5-15(16)22-20(27)23-19(29)14-9-11-26(12-10-14)18-8-7-17-24-21-13-28(17)25-18/h3-8,13-14H,2,9-12H2,1H3,(H,22,23,29). The lowest BCUT2D eigenvalue weighted by Gasteiger charge is -2.31. The Hall–Kier alpha value is -3.49. The molecule has 4 aromatic rings. The number of aryl methyl sites for hydroxylation is 1. The minimum absolute atomic E-state index is 0.0324. The Morgan fingerprint density at radius 2 is 2.00 bits per heavy atom. The van der Waals surface area contributed by atoms with E-state index in [0.29, 0.717) is 5.95 Å². The second-order valence-electron chi connectivity index (χ2n) is 7.24. The third-order valence-corrected chi connectivity index (χ3v) is 5.54. The highest BCUT2D eigenvalue weighted by Crippen LogP contribution is 2.24. The fraction of sp³-hybridized carbons (Fsp3) is 0.350. The molecule has 1 aromatic carbocycles. The molecule has 0 spiro atoms. The van der Waals surface area contributed by atoms with Crippen LogP contribution in [-0.4, -0.2) is 48.4 Å². The number of piperidine rings is 1. The van der Waals surface area contributed by atoms with Gasteiger partial charge in [-0.25, -0.2) is 4.98 Å². The predicted octanol–water partition coefficient (Wildman–Crippen LogP) is 2.35. The molecule has 0 radical (unpaired) electrons. The largest absolute Gasteiger partial charge is 0.355 e. The van der Waals surface area contributed by atoms with Crippen LogP contribution in [0.25, 0.3) is 16.7 Å². The number of nitrogens with zero attached hydrogens (tertiary/aromatic N) is 7. The first-order valence-electron chi connectivity index (χ1n) is 9.91. The number of aromatic nitrogens is 6. The van der Waals surface area contributed by atoms with E-state index in [1.165, 1.54) is 0 Å². The number of nitrogens with one attached hydrogen (secondary N) is 1. The molecule has 1 saturated heterocycles. The van der Waals surface area contributed by atoms with E-state index in [-0.39, 0.29) is 11.8 Å². The molecule has 1 N–H and O–H groups in total. The molecule has 9 nitrogen and oxygen atoms in total. The van der Waals surface area contributed by atoms with Gasteiger partial charge in [0.1, 0.15) is 12.1 Å². The number of rotatable bonds is 4. The van der Waals surface area contributed by atoms with E-state index in [0.717, 1.165) is 55.0 Å². The molecule has 1 fully saturated rings. The van der Waals surface area contributed by atoms with E-state index < -0.39 is 0 Å². The molecule has 9 heteroatoms. The van der Waals surface area contributed by atoms with Crippen LogP contribution in [0.3, 0.4) is 0 Å². The summed E-state index contributed by atoms with van der Waals surface area (Å²) in [7, 11) is 0. The molecule has 1 aliphatic heterocycles. The number of imidazole rings is 1. The van der Waals surface area contributed by atoms with Gasteiger partial charge in [-0.15, -0.1) is 15.3 Å². The van der Waals surface area contributed by atoms with Gasteiger partial charge < -0.3 is 9.47 Å². The van der Waals surface area contributed by atoms with Crippen LogP contribution in [0, 0.1) is 5.92 Å². The van der Waals surface area contributed by atoms with Gasteiger partial charge >= 0.3 is 0 Å². The number of hydrogen-bond donors (Lipinski definition) is 1. The molecular formula is C20H22N8O. The van der Waals surface area contributed by atoms with Crippen LogP contribution in [0.5, 0.6) is 0 Å². The van der Waals surface area contributed by atoms with Crippen molar-refractivity contribution in [1.82, 2.24) is 29.4 Å². The first-order valence-corrected chi connectivity index (χ1v) is 9.91. The summed E-state index contributed by atoms with van der Waals surface area (Å²) in [5, 5.41) is 15.4. The Morgan fingerprint density at radius 1 is 1.17 bits per heavy atom. The normalized spacial score (nSPS) is 15.3. The summed E-state index contributed by atoms with van der Waals surface area (Å²) in [5.74, 6) is 1.51. The molecule has 29 heavy (non-hydrogen) atoms. The topological polar surface area (TPSA) is 93.2 Å². The molecule has 0 aliphatic carbocycles. The minimum atomic E-state index is -0.0324. The average molecular weight is 390 g/mol. The van der Waals surface area contributed by atoms with Gasteiger partial charge in [0, 0.05) is 25.6 Å². The van der Waals surface area contributed by atoms with Crippen LogP contribution in [0.15, 0.2) is 42.7 Å². The van der Waals surface area contributed by atoms with E-state index in [1.54, 1.807) is 10.8 Å². The SMILES string of the molecule is CCn1c(NC(=O)C2CCN(c3ccc4nncn4n3)CC2)nc2ccccc21. The molecule has 4 heterocycles. The zero-order valence-electron chi connectivity index (χ0n) is 16.2. The average Bonchev–Trinajstić information content (AvgIpc) is 3.37. The summed E-state index contributed by atoms with van der Waals surface area (Å²) in [4.78, 5) is 19.7. The molecule has 0 bridgehead atoms. The third-order valence-electron chi connectivity index (χ3n) is 5.54. The number of carbonyl (C=O) groups excluding carboxylic acids is 1. The smallest absolute Gasteiger partial charge is 0.229 e. The van der Waals surface area contributed by atoms with Gasteiger partial charge in [-0.1, -0.05) is 12.1 Å². The Morgan fingerprint density at radius 3 is 2.83 bits per heavy atom. The van der Waals surface area contributed by atoms with Crippen molar-refractivity contribution in [3.8, 4) is 0 Å². The molecule has 148 valence electrons. The minimum Gasteiger partial charge on any atom is -0.355 e. The van der Waals surface area contributed by atoms with Crippen molar-refractivity contribution in [2.45, 2.75) is 26.3 Å². The van der Waals surface area contributed by atoms with Crippen molar-refractivity contribution in [3.05, 3.63) is 42.7 Å². The first-order chi connectivity index (χ1) is 14.2. The highest BCUT2D eigenvalue weighted by molar-refractivity contribution is 5.93. The number of fused-ring (bicyclic) bond motifs is 2. The van der Waals surface area contributed by atoms with E-state index in [1.807, 2.05) is 41.0 Å². The molecule has 0 atom stereocenters. The number of carbonyl (C=O) groups is 1. The van der Waals surface area contributed by atoms with E-state index >= 15 is 0 Å². The maximum Gasteiger partial charge on any atom is 0.229 e. The number of hydrogen-bond acceptors (Lipinski definition) is 6. The molecule has 1 aliphatic rings. The van der Waals surface area contributed by atoms with Gasteiger partial charge in [0.15, 0.2) is 5.65 Å². The van der Waals surface area contributed by atoms with Crippen molar-refractivity contribution in [3.63, 3.8) is 0 Å². The zero-order chi connectivity index (χ0) is 19.8. The maximum atomic E-state index is 12.9. The van der Waals surface area contributed by atoms with Gasteiger partial charge in [0.2, 0.25) is 11.9 Å². The van der Waals surface area contributed by atoms with Crippen LogP contribution < -0.4 is 10.2 Å². The van der Waals surface area contributed by atoms with Gasteiger partial charge in [0.05, 0.1) is 11.0 Å². The second-order valence-corrected chi connectivity index (χ2v) is 7.24. The van der Waals surface area contributed by atoms with E-state index in [9.17, 15) is 4.79 Å². The third kappa shape index (κ3) is 3.18. The van der Waals surface area contributed by atoms with Gasteiger partial charge in [-0.3, -0.25) is 10.1 Å². The van der Waals surface area contributed by atoms with Crippen molar-refractivity contribution < 1.29 is 4.79 Å². The van der Waals surface area contributed by atoms with Gasteiger partial charge in [-0.05, 0) is 44.0 Å². The van der Waals surface area contributed by atoms with Crippen molar-refractivity contribution in [2.24, 2.45) is 5.92 Å². The van der Waals surface area contributed by atoms with Gasteiger partial charge in [0.25, 0.3) is 0 Å². The van der Waals surface area contributed by atoms with E-state index in [4.69, 9.17) is 0 Å². The molecule has 1 amide bonds. The Labute approximate surface area is 167 Å². The fourth-order valence-electron chi connectivity index (χ4n) is 3.96. The second kappa shape index (κ2) is 7.16. The highest BCUT2D eigenvalue weighted by Gasteiger charge is 2.27. The van der Waals surface area contributed by atoms with Crippen molar-refractivity contribution >= 4 is 34.4 Å². The van der Waals surface area contributed by atoms with Gasteiger partial charge in [-0.2, -0.15) is 4.52 Å². The summed E-state index contributed by atoms with van der Waals surface area (Å²) in [6.45, 7) is 4.37. The number of para-hydroxylation sites is 2. The summed E-state index contributed by atoms with van der Waals surface area (Å²) < 4.78 is 3.71. The number of amides is 1. The highest BCUT2D eigenvalue weighted by atomic mass is 16.2. The summed E-state index contributed by atoms with van der Waals surface area (Å²) in [5.41, 5.74) is 2.66. The Bertz CT molecular complexity index is 1170. The molecule has 5 rings (SSSR count). The summed E-state index contributed by atoms with van der Waals surface area (Å²) >= 11 is 0. The van der Waals surface area contributed by atoms with Crippen LogP contribution in [-0.2, 0) is 11.3 Å². The number of benzene rings is 1. The Kier molecular flexibility index (Phi) is 4.34. The van der Waals surface area contributed by atoms with Crippen LogP contribution in [0.1, 0.15) is 19.8 Å². The van der Waals surface area contributed by atoms with Crippen LogP contribution in [0.2, 0.25) is 0 Å². The molecule has 3 aromatic heterocycles. The lowest BCUT2D eigenvalue weighted by molar-refractivity contribution is -0.120. The maximum absolute atomic E-state index is 12.9. The molecule has 0 saturated carbocycles. The number of anilines is 2. The molecule has 0 unspecified atom stereocenters.